The number of hydrogen-bond acceptors (Lipinski definition) is 5. The summed E-state index contributed by atoms with van der Waals surface area (Å²) in [5, 5.41) is 5.70. The van der Waals surface area contributed by atoms with E-state index in [9.17, 15) is 22.8 Å². The highest BCUT2D eigenvalue weighted by Gasteiger charge is 2.32. The molecule has 1 unspecified atom stereocenters. The average molecular weight is 403 g/mol. The molecular formula is C17H16F3NO3S2. The third-order valence-electron chi connectivity index (χ3n) is 3.60. The Morgan fingerprint density at radius 3 is 2.81 bits per heavy atom. The van der Waals surface area contributed by atoms with E-state index in [2.05, 4.69) is 17.5 Å². The molecule has 1 amide bonds. The highest BCUT2D eigenvalue weighted by Crippen LogP contribution is 2.30. The van der Waals surface area contributed by atoms with Gasteiger partial charge in [0.1, 0.15) is 12.6 Å². The highest BCUT2D eigenvalue weighted by molar-refractivity contribution is 8.03. The predicted molar refractivity (Wildman–Crippen MR) is 97.1 cm³/mol. The summed E-state index contributed by atoms with van der Waals surface area (Å²) in [5.41, 5.74) is -1.11. The Morgan fingerprint density at radius 2 is 2.19 bits per heavy atom. The normalized spacial score (nSPS) is 17.6. The number of ether oxygens (including phenoxy) is 1. The van der Waals surface area contributed by atoms with E-state index in [1.165, 1.54) is 23.2 Å². The summed E-state index contributed by atoms with van der Waals surface area (Å²) < 4.78 is 43.4. The van der Waals surface area contributed by atoms with E-state index >= 15 is 0 Å². The molecule has 1 aliphatic heterocycles. The molecule has 0 fully saturated rings. The van der Waals surface area contributed by atoms with Gasteiger partial charge < -0.3 is 10.1 Å². The molecule has 0 saturated heterocycles. The van der Waals surface area contributed by atoms with Crippen molar-refractivity contribution in [1.82, 2.24) is 5.32 Å². The first-order chi connectivity index (χ1) is 12.3. The van der Waals surface area contributed by atoms with Crippen molar-refractivity contribution in [2.75, 3.05) is 6.61 Å². The Hall–Kier alpha value is -1.87. The van der Waals surface area contributed by atoms with E-state index < -0.39 is 29.7 Å². The van der Waals surface area contributed by atoms with Gasteiger partial charge in [0.25, 0.3) is 5.91 Å². The summed E-state index contributed by atoms with van der Waals surface area (Å²) >= 11 is 6.13. The van der Waals surface area contributed by atoms with Crippen LogP contribution in [-0.2, 0) is 15.7 Å². The first-order valence-electron chi connectivity index (χ1n) is 7.70. The van der Waals surface area contributed by atoms with E-state index in [-0.39, 0.29) is 17.4 Å². The van der Waals surface area contributed by atoms with Gasteiger partial charge in [-0.25, -0.2) is 4.79 Å². The fraction of sp³-hybridized carbons (Fsp3) is 0.353. The lowest BCUT2D eigenvalue weighted by Gasteiger charge is -2.20. The predicted octanol–water partition coefficient (Wildman–Crippen LogP) is 3.76. The minimum atomic E-state index is -4.56. The minimum absolute atomic E-state index is 0.0832. The van der Waals surface area contributed by atoms with E-state index in [1.54, 1.807) is 0 Å². The number of carbonyl (C=O) groups excluding carboxylic acids is 2. The van der Waals surface area contributed by atoms with Crippen molar-refractivity contribution in [2.24, 2.45) is 0 Å². The Bertz CT molecular complexity index is 699. The van der Waals surface area contributed by atoms with Crippen molar-refractivity contribution in [3.8, 4) is 0 Å². The van der Waals surface area contributed by atoms with Crippen LogP contribution >= 0.6 is 24.0 Å². The number of hydrogen-bond donors (Lipinski definition) is 1. The van der Waals surface area contributed by atoms with Gasteiger partial charge in [0.05, 0.1) is 5.56 Å². The lowest BCUT2D eigenvalue weighted by Crippen LogP contribution is -2.43. The van der Waals surface area contributed by atoms with E-state index in [1.807, 2.05) is 11.5 Å². The van der Waals surface area contributed by atoms with Crippen LogP contribution in [0.15, 0.2) is 35.7 Å². The maximum absolute atomic E-state index is 12.8. The maximum Gasteiger partial charge on any atom is 0.416 e. The van der Waals surface area contributed by atoms with Crippen molar-refractivity contribution in [3.63, 3.8) is 0 Å². The first kappa shape index (κ1) is 20.4. The third kappa shape index (κ3) is 5.84. The summed E-state index contributed by atoms with van der Waals surface area (Å²) in [7, 11) is 0. The van der Waals surface area contributed by atoms with Crippen LogP contribution in [0.4, 0.5) is 13.2 Å². The molecule has 4 nitrogen and oxygen atoms in total. The van der Waals surface area contributed by atoms with Gasteiger partial charge in [-0.1, -0.05) is 24.4 Å². The molecule has 0 spiro atoms. The molecule has 0 radical (unpaired) electrons. The molecule has 0 aromatic heterocycles. The fourth-order valence-electron chi connectivity index (χ4n) is 2.35. The maximum atomic E-state index is 12.8. The third-order valence-corrected chi connectivity index (χ3v) is 4.86. The van der Waals surface area contributed by atoms with Crippen LogP contribution in [0.5, 0.6) is 0 Å². The number of thioether (sulfide) groups is 1. The van der Waals surface area contributed by atoms with Gasteiger partial charge in [0, 0.05) is 16.2 Å². The molecule has 2 rings (SSSR count). The molecule has 2 atom stereocenters. The zero-order valence-electron chi connectivity index (χ0n) is 13.5. The molecule has 1 N–H and O–H groups in total. The molecule has 1 aliphatic rings. The minimum Gasteiger partial charge on any atom is -0.459 e. The number of halogens is 3. The van der Waals surface area contributed by atoms with Crippen LogP contribution < -0.4 is 5.32 Å². The first-order valence-corrected chi connectivity index (χ1v) is 9.11. The Morgan fingerprint density at radius 1 is 1.42 bits per heavy atom. The van der Waals surface area contributed by atoms with Crippen LogP contribution in [0.3, 0.4) is 0 Å². The monoisotopic (exact) mass is 403 g/mol. The van der Waals surface area contributed by atoms with Gasteiger partial charge in [0.15, 0.2) is 0 Å². The van der Waals surface area contributed by atoms with Crippen LogP contribution in [0.2, 0.25) is 0 Å². The molecule has 1 aromatic carbocycles. The van der Waals surface area contributed by atoms with Crippen LogP contribution in [0.25, 0.3) is 0 Å². The molecule has 1 aromatic rings. The average Bonchev–Trinajstić information content (AvgIpc) is 3.11. The number of alkyl halides is 3. The number of thiocarbonyl (C=S) groups is 1. The molecule has 0 bridgehead atoms. The fourth-order valence-corrected chi connectivity index (χ4v) is 3.39. The second kappa shape index (κ2) is 9.18. The number of rotatable bonds is 7. The van der Waals surface area contributed by atoms with Crippen LogP contribution in [-0.4, -0.2) is 35.1 Å². The van der Waals surface area contributed by atoms with Crippen molar-refractivity contribution < 1.29 is 27.5 Å². The second-order valence-corrected chi connectivity index (χ2v) is 7.05. The van der Waals surface area contributed by atoms with Crippen molar-refractivity contribution in [2.45, 2.75) is 30.3 Å². The standard InChI is InChI=1S/C17H16F3NO3S2/c18-17(19,20)12-4-1-3-11(9-12)15(22)21-14(16(23)24-6-7-25)10-13-5-2-8-26-13/h1-4,7-9,13-14H,5-6,10H2,(H,21,22)/t13?,14-/m0/s1. The topological polar surface area (TPSA) is 55.4 Å². The molecule has 140 valence electrons. The van der Waals surface area contributed by atoms with Gasteiger partial charge in [-0.15, -0.1) is 11.8 Å². The van der Waals surface area contributed by atoms with Crippen molar-refractivity contribution in [1.29, 1.82) is 0 Å². The van der Waals surface area contributed by atoms with Gasteiger partial charge in [0.2, 0.25) is 0 Å². The quantitative estimate of drug-likeness (QED) is 0.555. The number of nitrogens with one attached hydrogen (secondary N) is 1. The number of carbonyl (C=O) groups is 2. The summed E-state index contributed by atoms with van der Waals surface area (Å²) in [5.74, 6) is -1.43. The van der Waals surface area contributed by atoms with Gasteiger partial charge >= 0.3 is 12.1 Å². The molecule has 0 aliphatic carbocycles. The van der Waals surface area contributed by atoms with Gasteiger partial charge in [-0.05, 0) is 36.4 Å². The molecule has 26 heavy (non-hydrogen) atoms. The Kier molecular flexibility index (Phi) is 7.22. The van der Waals surface area contributed by atoms with Crippen LogP contribution in [0, 0.1) is 0 Å². The summed E-state index contributed by atoms with van der Waals surface area (Å²) in [6, 6.07) is 3.07. The number of esters is 1. The van der Waals surface area contributed by atoms with E-state index in [0.29, 0.717) is 6.42 Å². The zero-order valence-corrected chi connectivity index (χ0v) is 15.1. The SMILES string of the molecule is O=C(N[C@@H](CC1CC=CS1)C(=O)OCC=S)c1cccc(C(F)(F)F)c1. The number of amides is 1. The summed E-state index contributed by atoms with van der Waals surface area (Å²) in [4.78, 5) is 24.5. The largest absolute Gasteiger partial charge is 0.459 e. The second-order valence-electron chi connectivity index (χ2n) is 5.50. The number of benzene rings is 1. The lowest BCUT2D eigenvalue weighted by molar-refractivity contribution is -0.144. The van der Waals surface area contributed by atoms with E-state index in [0.717, 1.165) is 24.6 Å². The molecular weight excluding hydrogens is 387 g/mol. The van der Waals surface area contributed by atoms with Gasteiger partial charge in [-0.3, -0.25) is 4.79 Å². The molecule has 9 heteroatoms. The van der Waals surface area contributed by atoms with Crippen LogP contribution in [0.1, 0.15) is 28.8 Å². The lowest BCUT2D eigenvalue weighted by atomic mass is 10.1. The van der Waals surface area contributed by atoms with Crippen molar-refractivity contribution >= 4 is 41.2 Å². The summed E-state index contributed by atoms with van der Waals surface area (Å²) in [6.07, 6.45) is -1.57. The van der Waals surface area contributed by atoms with Crippen molar-refractivity contribution in [3.05, 3.63) is 46.9 Å². The van der Waals surface area contributed by atoms with Gasteiger partial charge in [-0.2, -0.15) is 13.2 Å². The number of allylic oxidation sites excluding steroid dienone is 1. The smallest absolute Gasteiger partial charge is 0.416 e. The van der Waals surface area contributed by atoms with E-state index in [4.69, 9.17) is 4.74 Å². The molecule has 0 saturated carbocycles. The Labute approximate surface area is 158 Å². The highest BCUT2D eigenvalue weighted by atomic mass is 32.2. The Balaban J connectivity index is 2.11. The molecule has 1 heterocycles. The summed E-state index contributed by atoms with van der Waals surface area (Å²) in [6.45, 7) is -0.0832. The zero-order chi connectivity index (χ0) is 19.2.